The number of likely N-dealkylation sites (tertiary alicyclic amines) is 1. The molecule has 24 heavy (non-hydrogen) atoms. The van der Waals surface area contributed by atoms with Crippen LogP contribution in [0, 0.1) is 6.92 Å². The highest BCUT2D eigenvalue weighted by atomic mass is 35.5. The third kappa shape index (κ3) is 4.14. The second kappa shape index (κ2) is 7.49. The van der Waals surface area contributed by atoms with Gasteiger partial charge < -0.3 is 15.0 Å². The Kier molecular flexibility index (Phi) is 5.15. The van der Waals surface area contributed by atoms with Gasteiger partial charge in [0, 0.05) is 49.0 Å². The van der Waals surface area contributed by atoms with Gasteiger partial charge in [0.2, 0.25) is 0 Å². The standard InChI is InChI=1S/C17H19ClN4O2/c1-12-3-4-13(18)11-15(12)21-17(23)22-9-5-14(6-10-22)24-16-19-7-2-8-20-16/h2-4,7-8,11,14H,5-6,9-10H2,1H3,(H,21,23). The van der Waals surface area contributed by atoms with Gasteiger partial charge in [-0.25, -0.2) is 14.8 Å². The third-order valence-electron chi connectivity index (χ3n) is 3.98. The van der Waals surface area contributed by atoms with Gasteiger partial charge in [0.05, 0.1) is 0 Å². The van der Waals surface area contributed by atoms with Gasteiger partial charge >= 0.3 is 12.0 Å². The molecule has 0 spiro atoms. The number of nitrogens with one attached hydrogen (secondary N) is 1. The van der Waals surface area contributed by atoms with E-state index in [4.69, 9.17) is 16.3 Å². The molecule has 1 aliphatic heterocycles. The van der Waals surface area contributed by atoms with Gasteiger partial charge in [0.15, 0.2) is 0 Å². The molecule has 0 unspecified atom stereocenters. The van der Waals surface area contributed by atoms with E-state index in [1.807, 2.05) is 13.0 Å². The number of halogens is 1. The topological polar surface area (TPSA) is 67.4 Å². The van der Waals surface area contributed by atoms with E-state index >= 15 is 0 Å². The quantitative estimate of drug-likeness (QED) is 0.923. The monoisotopic (exact) mass is 346 g/mol. The first-order valence-corrected chi connectivity index (χ1v) is 8.25. The van der Waals surface area contributed by atoms with Gasteiger partial charge in [-0.2, -0.15) is 0 Å². The van der Waals surface area contributed by atoms with E-state index in [2.05, 4.69) is 15.3 Å². The van der Waals surface area contributed by atoms with Crippen molar-refractivity contribution in [2.45, 2.75) is 25.9 Å². The fraction of sp³-hybridized carbons (Fsp3) is 0.353. The van der Waals surface area contributed by atoms with Gasteiger partial charge in [0.25, 0.3) is 0 Å². The average Bonchev–Trinajstić information content (AvgIpc) is 2.60. The summed E-state index contributed by atoms with van der Waals surface area (Å²) >= 11 is 5.99. The van der Waals surface area contributed by atoms with E-state index < -0.39 is 0 Å². The number of carbonyl (C=O) groups excluding carboxylic acids is 1. The van der Waals surface area contributed by atoms with Gasteiger partial charge in [-0.1, -0.05) is 17.7 Å². The molecule has 1 fully saturated rings. The van der Waals surface area contributed by atoms with E-state index in [0.717, 1.165) is 24.1 Å². The highest BCUT2D eigenvalue weighted by Gasteiger charge is 2.24. The number of carbonyl (C=O) groups is 1. The van der Waals surface area contributed by atoms with E-state index in [0.29, 0.717) is 24.1 Å². The van der Waals surface area contributed by atoms with Crippen molar-refractivity contribution in [2.24, 2.45) is 0 Å². The minimum absolute atomic E-state index is 0.0318. The molecule has 2 amide bonds. The van der Waals surface area contributed by atoms with Crippen molar-refractivity contribution in [3.05, 3.63) is 47.2 Å². The van der Waals surface area contributed by atoms with Crippen LogP contribution in [0.3, 0.4) is 0 Å². The highest BCUT2D eigenvalue weighted by molar-refractivity contribution is 6.31. The zero-order chi connectivity index (χ0) is 16.9. The van der Waals surface area contributed by atoms with Gasteiger partial charge in [-0.05, 0) is 30.7 Å². The normalized spacial score (nSPS) is 15.2. The van der Waals surface area contributed by atoms with Crippen LogP contribution in [0.2, 0.25) is 5.02 Å². The zero-order valence-electron chi connectivity index (χ0n) is 13.4. The molecule has 0 aliphatic carbocycles. The summed E-state index contributed by atoms with van der Waals surface area (Å²) in [5.74, 6) is 0. The maximum absolute atomic E-state index is 12.4. The molecule has 0 atom stereocenters. The van der Waals surface area contributed by atoms with Crippen molar-refractivity contribution in [1.82, 2.24) is 14.9 Å². The lowest BCUT2D eigenvalue weighted by molar-refractivity contribution is 0.107. The van der Waals surface area contributed by atoms with Gasteiger partial charge in [0.1, 0.15) is 6.10 Å². The van der Waals surface area contributed by atoms with Crippen molar-refractivity contribution in [2.75, 3.05) is 18.4 Å². The van der Waals surface area contributed by atoms with Crippen LogP contribution in [-0.4, -0.2) is 40.1 Å². The maximum Gasteiger partial charge on any atom is 0.321 e. The third-order valence-corrected chi connectivity index (χ3v) is 4.22. The molecule has 2 aromatic rings. The molecule has 3 rings (SSSR count). The number of piperidine rings is 1. The zero-order valence-corrected chi connectivity index (χ0v) is 14.2. The summed E-state index contributed by atoms with van der Waals surface area (Å²) in [7, 11) is 0. The van der Waals surface area contributed by atoms with Gasteiger partial charge in [-0.15, -0.1) is 0 Å². The molecule has 6 nitrogen and oxygen atoms in total. The summed E-state index contributed by atoms with van der Waals surface area (Å²) in [6.07, 6.45) is 4.83. The van der Waals surface area contributed by atoms with E-state index in [1.165, 1.54) is 0 Å². The van der Waals surface area contributed by atoms with Crippen LogP contribution >= 0.6 is 11.6 Å². The van der Waals surface area contributed by atoms with Crippen molar-refractivity contribution < 1.29 is 9.53 Å². The minimum atomic E-state index is -0.116. The number of nitrogens with zero attached hydrogens (tertiary/aromatic N) is 3. The van der Waals surface area contributed by atoms with E-state index in [9.17, 15) is 4.79 Å². The molecule has 0 bridgehead atoms. The summed E-state index contributed by atoms with van der Waals surface area (Å²) in [6, 6.07) is 7.47. The minimum Gasteiger partial charge on any atom is -0.460 e. The Balaban J connectivity index is 1.52. The fourth-order valence-electron chi connectivity index (χ4n) is 2.60. The predicted molar refractivity (Wildman–Crippen MR) is 92.5 cm³/mol. The van der Waals surface area contributed by atoms with Gasteiger partial charge in [-0.3, -0.25) is 0 Å². The number of aromatic nitrogens is 2. The number of anilines is 1. The number of amides is 2. The Labute approximate surface area is 145 Å². The second-order valence-corrected chi connectivity index (χ2v) is 6.16. The number of hydrogen-bond acceptors (Lipinski definition) is 4. The number of benzene rings is 1. The van der Waals surface area contributed by atoms with E-state index in [1.54, 1.807) is 35.5 Å². The predicted octanol–water partition coefficient (Wildman–Crippen LogP) is 3.51. The average molecular weight is 347 g/mol. The Morgan fingerprint density at radius 2 is 2.00 bits per heavy atom. The van der Waals surface area contributed by atoms with Crippen LogP contribution in [0.5, 0.6) is 6.01 Å². The molecular formula is C17H19ClN4O2. The molecule has 0 radical (unpaired) electrons. The molecule has 1 aliphatic rings. The number of hydrogen-bond donors (Lipinski definition) is 1. The van der Waals surface area contributed by atoms with Crippen LogP contribution in [0.25, 0.3) is 0 Å². The fourth-order valence-corrected chi connectivity index (χ4v) is 2.77. The molecule has 1 saturated heterocycles. The first-order chi connectivity index (χ1) is 11.6. The molecule has 1 aromatic carbocycles. The first kappa shape index (κ1) is 16.5. The molecular weight excluding hydrogens is 328 g/mol. The number of ether oxygens (including phenoxy) is 1. The van der Waals surface area contributed by atoms with Crippen LogP contribution in [0.1, 0.15) is 18.4 Å². The summed E-state index contributed by atoms with van der Waals surface area (Å²) in [5.41, 5.74) is 1.72. The van der Waals surface area contributed by atoms with Crippen molar-refractivity contribution in [1.29, 1.82) is 0 Å². The largest absolute Gasteiger partial charge is 0.460 e. The van der Waals surface area contributed by atoms with Crippen LogP contribution in [0.4, 0.5) is 10.5 Å². The summed E-state index contributed by atoms with van der Waals surface area (Å²) < 4.78 is 5.74. The smallest absolute Gasteiger partial charge is 0.321 e. The van der Waals surface area contributed by atoms with E-state index in [-0.39, 0.29) is 12.1 Å². The number of rotatable bonds is 3. The van der Waals surface area contributed by atoms with Crippen molar-refractivity contribution in [3.8, 4) is 6.01 Å². The Bertz CT molecular complexity index is 703. The number of urea groups is 1. The Morgan fingerprint density at radius 3 is 2.71 bits per heavy atom. The lowest BCUT2D eigenvalue weighted by atomic mass is 10.1. The van der Waals surface area contributed by atoms with Crippen LogP contribution in [-0.2, 0) is 0 Å². The molecule has 1 aromatic heterocycles. The lowest BCUT2D eigenvalue weighted by Crippen LogP contribution is -2.44. The SMILES string of the molecule is Cc1ccc(Cl)cc1NC(=O)N1CCC(Oc2ncccn2)CC1. The Hall–Kier alpha value is -2.34. The molecule has 126 valence electrons. The van der Waals surface area contributed by atoms with Crippen LogP contribution in [0.15, 0.2) is 36.7 Å². The van der Waals surface area contributed by atoms with Crippen molar-refractivity contribution >= 4 is 23.3 Å². The molecule has 0 saturated carbocycles. The molecule has 1 N–H and O–H groups in total. The summed E-state index contributed by atoms with van der Waals surface area (Å²) in [4.78, 5) is 22.3. The Morgan fingerprint density at radius 1 is 1.29 bits per heavy atom. The number of aryl methyl sites for hydroxylation is 1. The summed E-state index contributed by atoms with van der Waals surface area (Å²) in [6.45, 7) is 3.19. The molecule has 7 heteroatoms. The van der Waals surface area contributed by atoms with Crippen LogP contribution < -0.4 is 10.1 Å². The maximum atomic E-state index is 12.4. The van der Waals surface area contributed by atoms with Crippen molar-refractivity contribution in [3.63, 3.8) is 0 Å². The second-order valence-electron chi connectivity index (χ2n) is 5.73. The summed E-state index contributed by atoms with van der Waals surface area (Å²) in [5, 5.41) is 3.52. The lowest BCUT2D eigenvalue weighted by Gasteiger charge is -2.31. The molecule has 2 heterocycles. The first-order valence-electron chi connectivity index (χ1n) is 7.87. The highest BCUT2D eigenvalue weighted by Crippen LogP contribution is 2.22.